The fourth-order valence-corrected chi connectivity index (χ4v) is 2.98. The molecule has 4 nitrogen and oxygen atoms in total. The molecule has 21 heavy (non-hydrogen) atoms. The number of hydrogen-bond acceptors (Lipinski definition) is 3. The molecule has 0 aromatic rings. The molecule has 0 radical (unpaired) electrons. The Kier molecular flexibility index (Phi) is 6.83. The predicted octanol–water partition coefficient (Wildman–Crippen LogP) is 2.68. The Bertz CT molecular complexity index is 376. The lowest BCUT2D eigenvalue weighted by Gasteiger charge is -2.30. The van der Waals surface area contributed by atoms with Crippen LogP contribution in [0.15, 0.2) is 0 Å². The van der Waals surface area contributed by atoms with Crippen LogP contribution in [0.5, 0.6) is 0 Å². The van der Waals surface area contributed by atoms with Gasteiger partial charge in [0.2, 0.25) is 5.91 Å². The second kappa shape index (κ2) is 7.91. The normalized spacial score (nSPS) is 24.4. The molecule has 0 aliphatic heterocycles. The van der Waals surface area contributed by atoms with Crippen LogP contribution in [0.2, 0.25) is 0 Å². The number of rotatable bonds is 6. The number of halogens is 3. The van der Waals surface area contributed by atoms with Crippen molar-refractivity contribution in [2.45, 2.75) is 44.3 Å². The van der Waals surface area contributed by atoms with E-state index in [9.17, 15) is 22.8 Å². The van der Waals surface area contributed by atoms with Gasteiger partial charge in [-0.05, 0) is 37.7 Å². The minimum atomic E-state index is -4.29. The second-order valence-electron chi connectivity index (χ2n) is 5.28. The van der Waals surface area contributed by atoms with Crippen LogP contribution in [0.4, 0.5) is 13.2 Å². The van der Waals surface area contributed by atoms with E-state index < -0.39 is 35.9 Å². The van der Waals surface area contributed by atoms with Gasteiger partial charge < -0.3 is 10.4 Å². The minimum absolute atomic E-state index is 0.0438. The second-order valence-corrected chi connectivity index (χ2v) is 6.27. The third-order valence-electron chi connectivity index (χ3n) is 3.73. The Morgan fingerprint density at radius 1 is 1.38 bits per heavy atom. The molecule has 122 valence electrons. The van der Waals surface area contributed by atoms with E-state index in [4.69, 9.17) is 5.11 Å². The van der Waals surface area contributed by atoms with Gasteiger partial charge in [0.15, 0.2) is 0 Å². The molecule has 0 heterocycles. The Hall–Kier alpha value is -0.920. The lowest BCUT2D eigenvalue weighted by atomic mass is 9.80. The Balaban J connectivity index is 2.59. The van der Waals surface area contributed by atoms with Crippen LogP contribution in [0.3, 0.4) is 0 Å². The van der Waals surface area contributed by atoms with Crippen molar-refractivity contribution < 1.29 is 27.9 Å². The van der Waals surface area contributed by atoms with Gasteiger partial charge in [-0.2, -0.15) is 24.9 Å². The summed E-state index contributed by atoms with van der Waals surface area (Å²) in [7, 11) is 0. The molecule has 1 saturated carbocycles. The van der Waals surface area contributed by atoms with Crippen molar-refractivity contribution in [3.8, 4) is 0 Å². The van der Waals surface area contributed by atoms with E-state index in [0.29, 0.717) is 18.6 Å². The summed E-state index contributed by atoms with van der Waals surface area (Å²) in [6.07, 6.45) is -1.69. The summed E-state index contributed by atoms with van der Waals surface area (Å²) in [6.45, 7) is 0. The summed E-state index contributed by atoms with van der Waals surface area (Å²) in [5.41, 5.74) is 0. The van der Waals surface area contributed by atoms with Crippen LogP contribution >= 0.6 is 11.8 Å². The van der Waals surface area contributed by atoms with E-state index in [1.807, 2.05) is 6.26 Å². The maximum atomic E-state index is 12.7. The number of thioether (sulfide) groups is 1. The van der Waals surface area contributed by atoms with Crippen molar-refractivity contribution in [1.82, 2.24) is 5.32 Å². The molecule has 1 aliphatic rings. The summed E-state index contributed by atoms with van der Waals surface area (Å²) in [4.78, 5) is 23.0. The van der Waals surface area contributed by atoms with Gasteiger partial charge >= 0.3 is 12.1 Å². The first-order chi connectivity index (χ1) is 9.75. The summed E-state index contributed by atoms with van der Waals surface area (Å²) in [5.74, 6) is -3.37. The Labute approximate surface area is 125 Å². The van der Waals surface area contributed by atoms with E-state index in [1.54, 1.807) is 0 Å². The van der Waals surface area contributed by atoms with Crippen molar-refractivity contribution in [3.63, 3.8) is 0 Å². The molecular weight excluding hydrogens is 307 g/mol. The van der Waals surface area contributed by atoms with Gasteiger partial charge in [0.1, 0.15) is 6.04 Å². The van der Waals surface area contributed by atoms with Crippen LogP contribution in [0.25, 0.3) is 0 Å². The average molecular weight is 327 g/mol. The highest BCUT2D eigenvalue weighted by molar-refractivity contribution is 7.98. The van der Waals surface area contributed by atoms with Crippen LogP contribution in [-0.4, -0.2) is 41.2 Å². The quantitative estimate of drug-likeness (QED) is 0.787. The first kappa shape index (κ1) is 18.1. The van der Waals surface area contributed by atoms with Crippen LogP contribution in [0.1, 0.15) is 32.1 Å². The summed E-state index contributed by atoms with van der Waals surface area (Å²) >= 11 is 1.45. The standard InChI is InChI=1S/C13H20F3NO3S/c1-21-6-5-10(12(19)20)17-11(18)8-3-2-4-9(7-8)13(14,15)16/h8-10H,2-7H2,1H3,(H,17,18)(H,19,20). The predicted molar refractivity (Wildman–Crippen MR) is 74.1 cm³/mol. The number of carbonyl (C=O) groups is 2. The van der Waals surface area contributed by atoms with E-state index >= 15 is 0 Å². The zero-order valence-corrected chi connectivity index (χ0v) is 12.6. The van der Waals surface area contributed by atoms with Crippen molar-refractivity contribution >= 4 is 23.6 Å². The average Bonchev–Trinajstić information content (AvgIpc) is 2.42. The van der Waals surface area contributed by atoms with Gasteiger partial charge in [-0.25, -0.2) is 4.79 Å². The van der Waals surface area contributed by atoms with E-state index in [-0.39, 0.29) is 19.3 Å². The summed E-state index contributed by atoms with van der Waals surface area (Å²) in [6, 6.07) is -1.03. The lowest BCUT2D eigenvalue weighted by Crippen LogP contribution is -2.45. The minimum Gasteiger partial charge on any atom is -0.480 e. The molecular formula is C13H20F3NO3S. The van der Waals surface area contributed by atoms with Crippen molar-refractivity contribution in [2.24, 2.45) is 11.8 Å². The molecule has 1 rings (SSSR count). The SMILES string of the molecule is CSCCC(NC(=O)C1CCCC(C(F)(F)F)C1)C(=O)O. The van der Waals surface area contributed by atoms with Gasteiger partial charge in [0, 0.05) is 5.92 Å². The van der Waals surface area contributed by atoms with Gasteiger partial charge in [-0.15, -0.1) is 0 Å². The highest BCUT2D eigenvalue weighted by Crippen LogP contribution is 2.39. The summed E-state index contributed by atoms with van der Waals surface area (Å²) < 4.78 is 38.1. The molecule has 1 aliphatic carbocycles. The molecule has 0 aromatic carbocycles. The lowest BCUT2D eigenvalue weighted by molar-refractivity contribution is -0.186. The molecule has 2 N–H and O–H groups in total. The molecule has 3 atom stereocenters. The molecule has 1 amide bonds. The number of aliphatic carboxylic acids is 1. The van der Waals surface area contributed by atoms with Gasteiger partial charge in [0.25, 0.3) is 0 Å². The molecule has 0 bridgehead atoms. The summed E-state index contributed by atoms with van der Waals surface area (Å²) in [5, 5.41) is 11.4. The van der Waals surface area contributed by atoms with E-state index in [0.717, 1.165) is 0 Å². The number of nitrogens with one attached hydrogen (secondary N) is 1. The number of carboxylic acids is 1. The topological polar surface area (TPSA) is 66.4 Å². The van der Waals surface area contributed by atoms with Crippen molar-refractivity contribution in [2.75, 3.05) is 12.0 Å². The molecule has 0 aromatic heterocycles. The highest BCUT2D eigenvalue weighted by Gasteiger charge is 2.43. The molecule has 0 spiro atoms. The fourth-order valence-electron chi connectivity index (χ4n) is 2.51. The van der Waals surface area contributed by atoms with E-state index in [1.165, 1.54) is 11.8 Å². The molecule has 0 saturated heterocycles. The number of amides is 1. The molecule has 1 fully saturated rings. The zero-order valence-electron chi connectivity index (χ0n) is 11.8. The number of alkyl halides is 3. The van der Waals surface area contributed by atoms with Crippen molar-refractivity contribution in [1.29, 1.82) is 0 Å². The molecule has 8 heteroatoms. The largest absolute Gasteiger partial charge is 0.480 e. The van der Waals surface area contributed by atoms with Crippen molar-refractivity contribution in [3.05, 3.63) is 0 Å². The smallest absolute Gasteiger partial charge is 0.391 e. The maximum Gasteiger partial charge on any atom is 0.391 e. The zero-order chi connectivity index (χ0) is 16.0. The molecule has 3 unspecified atom stereocenters. The Morgan fingerprint density at radius 3 is 2.57 bits per heavy atom. The van der Waals surface area contributed by atoms with Crippen LogP contribution < -0.4 is 5.32 Å². The van der Waals surface area contributed by atoms with E-state index in [2.05, 4.69) is 5.32 Å². The monoisotopic (exact) mass is 327 g/mol. The maximum absolute atomic E-state index is 12.7. The van der Waals surface area contributed by atoms with Gasteiger partial charge in [0.05, 0.1) is 5.92 Å². The van der Waals surface area contributed by atoms with Crippen LogP contribution in [-0.2, 0) is 9.59 Å². The fraction of sp³-hybridized carbons (Fsp3) is 0.846. The number of hydrogen-bond donors (Lipinski definition) is 2. The third kappa shape index (κ3) is 5.76. The number of carboxylic acid groups (broad SMARTS) is 1. The Morgan fingerprint density at radius 2 is 2.05 bits per heavy atom. The third-order valence-corrected chi connectivity index (χ3v) is 4.38. The first-order valence-corrected chi connectivity index (χ1v) is 8.24. The highest BCUT2D eigenvalue weighted by atomic mass is 32.2. The van der Waals surface area contributed by atoms with Gasteiger partial charge in [-0.1, -0.05) is 6.42 Å². The van der Waals surface area contributed by atoms with Crippen LogP contribution in [0, 0.1) is 11.8 Å². The first-order valence-electron chi connectivity index (χ1n) is 6.84. The number of carbonyl (C=O) groups excluding carboxylic acids is 1. The van der Waals surface area contributed by atoms with Gasteiger partial charge in [-0.3, -0.25) is 4.79 Å².